The van der Waals surface area contributed by atoms with Crippen LogP contribution in [0.1, 0.15) is 23.7 Å². The van der Waals surface area contributed by atoms with Gasteiger partial charge in [0.25, 0.3) is 5.91 Å². The normalized spacial score (nSPS) is 16.2. The van der Waals surface area contributed by atoms with Crippen LogP contribution in [0.3, 0.4) is 0 Å². The zero-order chi connectivity index (χ0) is 15.7. The quantitative estimate of drug-likeness (QED) is 0.817. The van der Waals surface area contributed by atoms with Crippen LogP contribution in [0.4, 0.5) is 0 Å². The molecule has 0 saturated carbocycles. The van der Waals surface area contributed by atoms with Gasteiger partial charge in [-0.2, -0.15) is 0 Å². The van der Waals surface area contributed by atoms with Crippen LogP contribution in [0.2, 0.25) is 0 Å². The van der Waals surface area contributed by atoms with Crippen LogP contribution >= 0.6 is 0 Å². The fraction of sp³-hybridized carbons (Fsp3) is 0.467. The molecule has 1 fully saturated rings. The van der Waals surface area contributed by atoms with E-state index < -0.39 is 0 Å². The summed E-state index contributed by atoms with van der Waals surface area (Å²) in [5.74, 6) is -0.118. The monoisotopic (exact) mass is 301 g/mol. The van der Waals surface area contributed by atoms with Crippen LogP contribution in [0.15, 0.2) is 18.2 Å². The first-order valence-electron chi connectivity index (χ1n) is 7.46. The predicted molar refractivity (Wildman–Crippen MR) is 81.3 cm³/mol. The second-order valence-electron chi connectivity index (χ2n) is 5.47. The molecule has 7 nitrogen and oxygen atoms in total. The summed E-state index contributed by atoms with van der Waals surface area (Å²) in [6, 6.07) is 5.33. The third-order valence-electron chi connectivity index (χ3n) is 4.06. The molecular weight excluding hydrogens is 282 g/mol. The summed E-state index contributed by atoms with van der Waals surface area (Å²) in [4.78, 5) is 28.2. The lowest BCUT2D eigenvalue weighted by Gasteiger charge is -2.20. The Kier molecular flexibility index (Phi) is 3.79. The maximum atomic E-state index is 12.6. The standard InChI is InChI=1S/C15H19N5O2/c1-3-19-7-4-8-20(10-14(19)21)15(22)11-5-6-13-12(9-11)16-17-18(13)2/h5-6,9H,3-4,7-8,10H2,1-2H3. The Morgan fingerprint density at radius 2 is 2.14 bits per heavy atom. The predicted octanol–water partition coefficient (Wildman–Crippen LogP) is 0.663. The van der Waals surface area contributed by atoms with E-state index in [1.807, 2.05) is 20.0 Å². The summed E-state index contributed by atoms with van der Waals surface area (Å²) in [5, 5.41) is 7.97. The minimum Gasteiger partial charge on any atom is -0.341 e. The summed E-state index contributed by atoms with van der Waals surface area (Å²) in [7, 11) is 1.81. The fourth-order valence-corrected chi connectivity index (χ4v) is 2.78. The summed E-state index contributed by atoms with van der Waals surface area (Å²) in [6.07, 6.45) is 0.804. The van der Waals surface area contributed by atoms with Gasteiger partial charge in [-0.25, -0.2) is 4.68 Å². The number of aromatic nitrogens is 3. The highest BCUT2D eigenvalue weighted by Gasteiger charge is 2.25. The number of carbonyl (C=O) groups excluding carboxylic acids is 2. The minimum atomic E-state index is -0.126. The summed E-state index contributed by atoms with van der Waals surface area (Å²) >= 11 is 0. The Hall–Kier alpha value is -2.44. The molecular formula is C15H19N5O2. The second-order valence-corrected chi connectivity index (χ2v) is 5.47. The molecule has 0 bridgehead atoms. The van der Waals surface area contributed by atoms with E-state index in [-0.39, 0.29) is 18.4 Å². The van der Waals surface area contributed by atoms with Gasteiger partial charge in [-0.3, -0.25) is 9.59 Å². The number of fused-ring (bicyclic) bond motifs is 1. The lowest BCUT2D eigenvalue weighted by atomic mass is 10.1. The van der Waals surface area contributed by atoms with Gasteiger partial charge < -0.3 is 9.80 Å². The van der Waals surface area contributed by atoms with Crippen LogP contribution in [0.5, 0.6) is 0 Å². The van der Waals surface area contributed by atoms with Gasteiger partial charge in [0.2, 0.25) is 5.91 Å². The van der Waals surface area contributed by atoms with Crippen molar-refractivity contribution < 1.29 is 9.59 Å². The lowest BCUT2D eigenvalue weighted by Crippen LogP contribution is -2.39. The molecule has 1 aromatic carbocycles. The molecule has 1 aliphatic rings. The summed E-state index contributed by atoms with van der Waals surface area (Å²) in [5.41, 5.74) is 2.11. The van der Waals surface area contributed by atoms with E-state index in [9.17, 15) is 9.59 Å². The Labute approximate surface area is 128 Å². The third-order valence-corrected chi connectivity index (χ3v) is 4.06. The molecule has 2 amide bonds. The Morgan fingerprint density at radius 1 is 1.32 bits per heavy atom. The molecule has 7 heteroatoms. The molecule has 1 aromatic heterocycles. The van der Waals surface area contributed by atoms with E-state index in [2.05, 4.69) is 10.3 Å². The van der Waals surface area contributed by atoms with E-state index in [4.69, 9.17) is 0 Å². The molecule has 2 aromatic rings. The maximum absolute atomic E-state index is 12.6. The smallest absolute Gasteiger partial charge is 0.254 e. The highest BCUT2D eigenvalue weighted by atomic mass is 16.2. The van der Waals surface area contributed by atoms with Crippen molar-refractivity contribution in [3.8, 4) is 0 Å². The largest absolute Gasteiger partial charge is 0.341 e. The molecule has 0 aliphatic carbocycles. The molecule has 22 heavy (non-hydrogen) atoms. The van der Waals surface area contributed by atoms with E-state index in [0.717, 1.165) is 11.9 Å². The van der Waals surface area contributed by atoms with Crippen molar-refractivity contribution >= 4 is 22.8 Å². The van der Waals surface area contributed by atoms with Crippen LogP contribution in [0.25, 0.3) is 11.0 Å². The molecule has 116 valence electrons. The van der Waals surface area contributed by atoms with Gasteiger partial charge in [-0.1, -0.05) is 5.21 Å². The number of carbonyl (C=O) groups is 2. The minimum absolute atomic E-state index is 0.00827. The molecule has 0 atom stereocenters. The van der Waals surface area contributed by atoms with Crippen molar-refractivity contribution in [1.82, 2.24) is 24.8 Å². The number of likely N-dealkylation sites (N-methyl/N-ethyl adjacent to an activating group) is 1. The van der Waals surface area contributed by atoms with Crippen molar-refractivity contribution in [3.05, 3.63) is 23.8 Å². The Bertz CT molecular complexity index is 724. The maximum Gasteiger partial charge on any atom is 0.254 e. The van der Waals surface area contributed by atoms with E-state index in [1.165, 1.54) is 0 Å². The molecule has 1 saturated heterocycles. The summed E-state index contributed by atoms with van der Waals surface area (Å²) < 4.78 is 1.66. The highest BCUT2D eigenvalue weighted by Crippen LogP contribution is 2.15. The second kappa shape index (κ2) is 5.75. The van der Waals surface area contributed by atoms with Gasteiger partial charge in [0.15, 0.2) is 0 Å². The number of hydrogen-bond acceptors (Lipinski definition) is 4. The van der Waals surface area contributed by atoms with Crippen LogP contribution in [-0.2, 0) is 11.8 Å². The van der Waals surface area contributed by atoms with E-state index in [1.54, 1.807) is 26.6 Å². The number of aryl methyl sites for hydroxylation is 1. The lowest BCUT2D eigenvalue weighted by molar-refractivity contribution is -0.130. The molecule has 0 N–H and O–H groups in total. The molecule has 3 rings (SSSR count). The SMILES string of the molecule is CCN1CCCN(C(=O)c2ccc3c(c2)nnn3C)CC1=O. The Morgan fingerprint density at radius 3 is 2.91 bits per heavy atom. The first-order valence-corrected chi connectivity index (χ1v) is 7.46. The molecule has 0 spiro atoms. The third kappa shape index (κ3) is 2.54. The zero-order valence-corrected chi connectivity index (χ0v) is 12.8. The topological polar surface area (TPSA) is 71.3 Å². The van der Waals surface area contributed by atoms with Gasteiger partial charge in [0, 0.05) is 32.2 Å². The van der Waals surface area contributed by atoms with Crippen molar-refractivity contribution in [2.75, 3.05) is 26.2 Å². The first-order chi connectivity index (χ1) is 10.6. The summed E-state index contributed by atoms with van der Waals surface area (Å²) in [6.45, 7) is 4.09. The number of nitrogens with zero attached hydrogens (tertiary/aromatic N) is 5. The first kappa shape index (κ1) is 14.5. The van der Waals surface area contributed by atoms with E-state index >= 15 is 0 Å². The Balaban J connectivity index is 1.83. The van der Waals surface area contributed by atoms with Gasteiger partial charge >= 0.3 is 0 Å². The van der Waals surface area contributed by atoms with Crippen molar-refractivity contribution in [1.29, 1.82) is 0 Å². The van der Waals surface area contributed by atoms with Gasteiger partial charge in [0.05, 0.1) is 5.52 Å². The highest BCUT2D eigenvalue weighted by molar-refractivity contribution is 5.99. The van der Waals surface area contributed by atoms with Gasteiger partial charge in [-0.05, 0) is 31.5 Å². The number of hydrogen-bond donors (Lipinski definition) is 0. The zero-order valence-electron chi connectivity index (χ0n) is 12.8. The fourth-order valence-electron chi connectivity index (χ4n) is 2.78. The number of benzene rings is 1. The number of rotatable bonds is 2. The van der Waals surface area contributed by atoms with Gasteiger partial charge in [0.1, 0.15) is 12.1 Å². The average molecular weight is 301 g/mol. The van der Waals surface area contributed by atoms with Gasteiger partial charge in [-0.15, -0.1) is 5.10 Å². The molecule has 2 heterocycles. The van der Waals surface area contributed by atoms with Crippen LogP contribution < -0.4 is 0 Å². The van der Waals surface area contributed by atoms with Crippen molar-refractivity contribution in [2.45, 2.75) is 13.3 Å². The van der Waals surface area contributed by atoms with Crippen LogP contribution in [-0.4, -0.2) is 62.8 Å². The van der Waals surface area contributed by atoms with Crippen molar-refractivity contribution in [3.63, 3.8) is 0 Å². The molecule has 1 aliphatic heterocycles. The van der Waals surface area contributed by atoms with Crippen LogP contribution in [0, 0.1) is 0 Å². The van der Waals surface area contributed by atoms with E-state index in [0.29, 0.717) is 30.7 Å². The number of amides is 2. The van der Waals surface area contributed by atoms with Crippen molar-refractivity contribution in [2.24, 2.45) is 7.05 Å². The molecule has 0 radical (unpaired) electrons. The molecule has 0 unspecified atom stereocenters. The average Bonchev–Trinajstić information content (AvgIpc) is 2.78.